The van der Waals surface area contributed by atoms with Crippen molar-refractivity contribution in [3.63, 3.8) is 0 Å². The van der Waals surface area contributed by atoms with Crippen LogP contribution in [0.15, 0.2) is 23.9 Å². The number of methoxy groups -OCH3 is 1. The number of hydrogen-bond acceptors (Lipinski definition) is 6. The number of allylic oxidation sites excluding steroid dienone is 2. The molecule has 0 spiro atoms. The van der Waals surface area contributed by atoms with Gasteiger partial charge in [0.1, 0.15) is 0 Å². The molecule has 0 fully saturated rings. The standard InChI is InChI=1S/C17H31N2O5P/c1-13(2)23-25(24-14(3)4)22-12-16(21-5)8-10-19-9-6-7-15(11-19)17(18)20/h6-7,9,13-14,16H,8,10-12H2,1-5H3,(H2,18,20). The lowest BCUT2D eigenvalue weighted by atomic mass is 10.1. The zero-order valence-electron chi connectivity index (χ0n) is 15.8. The van der Waals surface area contributed by atoms with Gasteiger partial charge in [0.15, 0.2) is 0 Å². The Morgan fingerprint density at radius 1 is 1.28 bits per heavy atom. The van der Waals surface area contributed by atoms with Crippen LogP contribution in [-0.2, 0) is 23.1 Å². The Bertz CT molecular complexity index is 458. The van der Waals surface area contributed by atoms with Crippen molar-refractivity contribution in [3.8, 4) is 0 Å². The molecule has 0 aromatic heterocycles. The first kappa shape index (κ1) is 22.1. The second-order valence-electron chi connectivity index (χ2n) is 6.34. The molecule has 144 valence electrons. The summed E-state index contributed by atoms with van der Waals surface area (Å²) in [5.41, 5.74) is 5.94. The average molecular weight is 374 g/mol. The fourth-order valence-corrected chi connectivity index (χ4v) is 3.22. The molecule has 1 aliphatic rings. The van der Waals surface area contributed by atoms with Crippen molar-refractivity contribution < 1.29 is 23.1 Å². The second kappa shape index (κ2) is 11.6. The largest absolute Gasteiger partial charge is 0.379 e. The quantitative estimate of drug-likeness (QED) is 0.529. The van der Waals surface area contributed by atoms with Crippen LogP contribution in [0.2, 0.25) is 0 Å². The van der Waals surface area contributed by atoms with Gasteiger partial charge in [0.25, 0.3) is 0 Å². The van der Waals surface area contributed by atoms with Crippen LogP contribution >= 0.6 is 8.60 Å². The predicted octanol–water partition coefficient (Wildman–Crippen LogP) is 2.73. The highest BCUT2D eigenvalue weighted by Crippen LogP contribution is 2.42. The SMILES string of the molecule is COC(CCN1C=CC=C(C(N)=O)C1)COP(OC(C)C)OC(C)C. The Hall–Kier alpha value is -0.980. The molecule has 2 N–H and O–H groups in total. The van der Waals surface area contributed by atoms with Crippen molar-refractivity contribution >= 4 is 14.5 Å². The maximum Gasteiger partial charge on any atom is 0.333 e. The predicted molar refractivity (Wildman–Crippen MR) is 98.7 cm³/mol. The van der Waals surface area contributed by atoms with E-state index in [2.05, 4.69) is 0 Å². The molecule has 1 unspecified atom stereocenters. The van der Waals surface area contributed by atoms with E-state index in [0.29, 0.717) is 18.7 Å². The number of rotatable bonds is 12. The van der Waals surface area contributed by atoms with Gasteiger partial charge in [0.2, 0.25) is 5.91 Å². The summed E-state index contributed by atoms with van der Waals surface area (Å²) in [6, 6.07) is 0. The fourth-order valence-electron chi connectivity index (χ4n) is 2.07. The van der Waals surface area contributed by atoms with Crippen molar-refractivity contribution in [2.24, 2.45) is 5.73 Å². The van der Waals surface area contributed by atoms with Gasteiger partial charge in [-0.25, -0.2) is 0 Å². The number of primary amides is 1. The van der Waals surface area contributed by atoms with Crippen LogP contribution in [0.4, 0.5) is 0 Å². The molecule has 0 aliphatic carbocycles. The summed E-state index contributed by atoms with van der Waals surface area (Å²) < 4.78 is 22.6. The van der Waals surface area contributed by atoms with Crippen LogP contribution in [0.25, 0.3) is 0 Å². The molecule has 0 saturated carbocycles. The normalized spacial score (nSPS) is 16.0. The van der Waals surface area contributed by atoms with E-state index in [1.165, 1.54) is 0 Å². The molecule has 0 bridgehead atoms. The number of ether oxygens (including phenoxy) is 1. The molecule has 0 saturated heterocycles. The fraction of sp³-hybridized carbons (Fsp3) is 0.706. The molecule has 1 rings (SSSR count). The average Bonchev–Trinajstić information content (AvgIpc) is 2.54. The minimum Gasteiger partial charge on any atom is -0.379 e. The summed E-state index contributed by atoms with van der Waals surface area (Å²) in [5, 5.41) is 0. The first-order valence-corrected chi connectivity index (χ1v) is 9.62. The van der Waals surface area contributed by atoms with Gasteiger partial charge < -0.3 is 28.9 Å². The van der Waals surface area contributed by atoms with Gasteiger partial charge >= 0.3 is 8.60 Å². The van der Waals surface area contributed by atoms with Crippen molar-refractivity contribution in [2.75, 3.05) is 26.8 Å². The zero-order chi connectivity index (χ0) is 18.8. The van der Waals surface area contributed by atoms with Crippen LogP contribution in [0.1, 0.15) is 34.1 Å². The summed E-state index contributed by atoms with van der Waals surface area (Å²) in [6.07, 6.45) is 6.24. The highest BCUT2D eigenvalue weighted by atomic mass is 31.2. The van der Waals surface area contributed by atoms with Gasteiger partial charge in [0, 0.05) is 25.8 Å². The lowest BCUT2D eigenvalue weighted by molar-refractivity contribution is -0.114. The molecule has 1 amide bonds. The smallest absolute Gasteiger partial charge is 0.333 e. The van der Waals surface area contributed by atoms with Gasteiger partial charge in [-0.05, 0) is 46.4 Å². The third kappa shape index (κ3) is 9.33. The zero-order valence-corrected chi connectivity index (χ0v) is 16.7. The molecular weight excluding hydrogens is 343 g/mol. The Balaban J connectivity index is 2.41. The number of nitrogens with two attached hydrogens (primary N) is 1. The minimum absolute atomic E-state index is 0.0309. The summed E-state index contributed by atoms with van der Waals surface area (Å²) in [6.45, 7) is 9.42. The molecule has 8 heteroatoms. The minimum atomic E-state index is -1.40. The lowest BCUT2D eigenvalue weighted by Crippen LogP contribution is -2.31. The van der Waals surface area contributed by atoms with E-state index >= 15 is 0 Å². The molecule has 1 atom stereocenters. The van der Waals surface area contributed by atoms with E-state index in [-0.39, 0.29) is 24.2 Å². The van der Waals surface area contributed by atoms with E-state index in [4.69, 9.17) is 24.0 Å². The highest BCUT2D eigenvalue weighted by molar-refractivity contribution is 7.41. The number of carbonyl (C=O) groups is 1. The van der Waals surface area contributed by atoms with Gasteiger partial charge in [-0.3, -0.25) is 4.79 Å². The second-order valence-corrected chi connectivity index (χ2v) is 7.47. The summed E-state index contributed by atoms with van der Waals surface area (Å²) in [4.78, 5) is 13.3. The number of nitrogens with zero attached hydrogens (tertiary/aromatic N) is 1. The lowest BCUT2D eigenvalue weighted by Gasteiger charge is -2.26. The van der Waals surface area contributed by atoms with Gasteiger partial charge in [0.05, 0.1) is 24.9 Å². The summed E-state index contributed by atoms with van der Waals surface area (Å²) in [5.74, 6) is -0.386. The van der Waals surface area contributed by atoms with E-state index < -0.39 is 8.60 Å². The Labute approximate surface area is 152 Å². The van der Waals surface area contributed by atoms with Gasteiger partial charge in [-0.2, -0.15) is 0 Å². The van der Waals surface area contributed by atoms with Crippen LogP contribution in [0.3, 0.4) is 0 Å². The first-order chi connectivity index (χ1) is 11.8. The molecule has 1 aliphatic heterocycles. The van der Waals surface area contributed by atoms with Crippen molar-refractivity contribution in [2.45, 2.75) is 52.4 Å². The molecular formula is C17H31N2O5P. The van der Waals surface area contributed by atoms with Crippen LogP contribution in [-0.4, -0.2) is 55.9 Å². The summed E-state index contributed by atoms with van der Waals surface area (Å²) >= 11 is 0. The van der Waals surface area contributed by atoms with Crippen LogP contribution in [0.5, 0.6) is 0 Å². The van der Waals surface area contributed by atoms with E-state index in [1.807, 2.05) is 44.9 Å². The number of carbonyl (C=O) groups excluding carboxylic acids is 1. The molecule has 0 aromatic carbocycles. The monoisotopic (exact) mass is 374 g/mol. The number of hydrogen-bond donors (Lipinski definition) is 1. The van der Waals surface area contributed by atoms with Gasteiger partial charge in [-0.1, -0.05) is 6.08 Å². The first-order valence-electron chi connectivity index (χ1n) is 8.52. The molecule has 7 nitrogen and oxygen atoms in total. The Kier molecular flexibility index (Phi) is 10.2. The Morgan fingerprint density at radius 2 is 1.92 bits per heavy atom. The summed E-state index contributed by atoms with van der Waals surface area (Å²) in [7, 11) is 0.260. The molecule has 0 radical (unpaired) electrons. The van der Waals surface area contributed by atoms with Gasteiger partial charge in [-0.15, -0.1) is 0 Å². The van der Waals surface area contributed by atoms with Crippen LogP contribution in [0, 0.1) is 0 Å². The molecule has 25 heavy (non-hydrogen) atoms. The molecule has 1 heterocycles. The van der Waals surface area contributed by atoms with E-state index in [0.717, 1.165) is 13.0 Å². The Morgan fingerprint density at radius 3 is 2.44 bits per heavy atom. The topological polar surface area (TPSA) is 83.3 Å². The highest BCUT2D eigenvalue weighted by Gasteiger charge is 2.20. The van der Waals surface area contributed by atoms with Crippen molar-refractivity contribution in [1.29, 1.82) is 0 Å². The van der Waals surface area contributed by atoms with E-state index in [9.17, 15) is 4.79 Å². The van der Waals surface area contributed by atoms with E-state index in [1.54, 1.807) is 13.2 Å². The van der Waals surface area contributed by atoms with Crippen molar-refractivity contribution in [3.05, 3.63) is 23.9 Å². The molecule has 0 aromatic rings. The maximum absolute atomic E-state index is 11.3. The van der Waals surface area contributed by atoms with Crippen LogP contribution < -0.4 is 5.73 Å². The third-order valence-corrected chi connectivity index (χ3v) is 4.86. The maximum atomic E-state index is 11.3. The third-order valence-electron chi connectivity index (χ3n) is 3.32. The number of amides is 1. The van der Waals surface area contributed by atoms with Crippen molar-refractivity contribution in [1.82, 2.24) is 4.90 Å².